The first kappa shape index (κ1) is 16.3. The third-order valence-corrected chi connectivity index (χ3v) is 3.77. The summed E-state index contributed by atoms with van der Waals surface area (Å²) in [5.74, 6) is -0.959. The van der Waals surface area contributed by atoms with E-state index in [1.165, 1.54) is 0 Å². The molecule has 6 nitrogen and oxygen atoms in total. The number of carboxylic acid groups (broad SMARTS) is 1. The van der Waals surface area contributed by atoms with Crippen LogP contribution in [0.4, 0.5) is 10.5 Å². The van der Waals surface area contributed by atoms with Crippen molar-refractivity contribution in [3.63, 3.8) is 0 Å². The second kappa shape index (κ2) is 7.79. The molecule has 22 heavy (non-hydrogen) atoms. The number of likely N-dealkylation sites (tertiary alicyclic amines) is 1. The standard InChI is InChI=1S/C16H22N2O4/c1-2-18(13-6-4-3-5-7-13)16(21)17-10-8-14(9-11-17)22-12-15(19)20/h3-7,14H,2,8-12H2,1H3,(H,19,20). The summed E-state index contributed by atoms with van der Waals surface area (Å²) in [6.45, 7) is 3.47. The van der Waals surface area contributed by atoms with Gasteiger partial charge in [0.15, 0.2) is 0 Å². The fraction of sp³-hybridized carbons (Fsp3) is 0.500. The molecule has 0 atom stereocenters. The van der Waals surface area contributed by atoms with Crippen LogP contribution >= 0.6 is 0 Å². The van der Waals surface area contributed by atoms with Crippen molar-refractivity contribution in [1.82, 2.24) is 4.90 Å². The first-order valence-corrected chi connectivity index (χ1v) is 7.56. The van der Waals surface area contributed by atoms with Crippen molar-refractivity contribution in [2.45, 2.75) is 25.9 Å². The van der Waals surface area contributed by atoms with E-state index in [1.807, 2.05) is 37.3 Å². The van der Waals surface area contributed by atoms with Gasteiger partial charge in [0.25, 0.3) is 0 Å². The van der Waals surface area contributed by atoms with Crippen LogP contribution in [0.1, 0.15) is 19.8 Å². The van der Waals surface area contributed by atoms with E-state index in [4.69, 9.17) is 9.84 Å². The van der Waals surface area contributed by atoms with Crippen LogP contribution in [0.25, 0.3) is 0 Å². The first-order valence-electron chi connectivity index (χ1n) is 7.56. The molecule has 2 amide bonds. The molecular weight excluding hydrogens is 284 g/mol. The van der Waals surface area contributed by atoms with E-state index in [0.29, 0.717) is 32.5 Å². The lowest BCUT2D eigenvalue weighted by atomic mass is 10.1. The number of aliphatic carboxylic acids is 1. The summed E-state index contributed by atoms with van der Waals surface area (Å²) in [5.41, 5.74) is 0.888. The Kier molecular flexibility index (Phi) is 5.77. The van der Waals surface area contributed by atoms with Gasteiger partial charge in [-0.2, -0.15) is 0 Å². The highest BCUT2D eigenvalue weighted by molar-refractivity contribution is 5.92. The molecule has 1 fully saturated rings. The Hall–Kier alpha value is -2.08. The Morgan fingerprint density at radius 2 is 1.91 bits per heavy atom. The summed E-state index contributed by atoms with van der Waals surface area (Å²) in [4.78, 5) is 26.7. The number of benzene rings is 1. The zero-order chi connectivity index (χ0) is 15.9. The lowest BCUT2D eigenvalue weighted by Crippen LogP contribution is -2.48. The number of carbonyl (C=O) groups excluding carboxylic acids is 1. The number of piperidine rings is 1. The quantitative estimate of drug-likeness (QED) is 0.905. The van der Waals surface area contributed by atoms with E-state index in [-0.39, 0.29) is 18.7 Å². The summed E-state index contributed by atoms with van der Waals surface area (Å²) in [6.07, 6.45) is 1.27. The summed E-state index contributed by atoms with van der Waals surface area (Å²) in [7, 11) is 0. The second-order valence-electron chi connectivity index (χ2n) is 5.25. The fourth-order valence-electron chi connectivity index (χ4n) is 2.61. The number of amides is 2. The van der Waals surface area contributed by atoms with Crippen molar-refractivity contribution in [2.24, 2.45) is 0 Å². The molecule has 2 rings (SSSR count). The van der Waals surface area contributed by atoms with Gasteiger partial charge in [0.2, 0.25) is 0 Å². The summed E-state index contributed by atoms with van der Waals surface area (Å²) in [6, 6.07) is 9.58. The van der Waals surface area contributed by atoms with Crippen molar-refractivity contribution in [2.75, 3.05) is 31.1 Å². The Labute approximate surface area is 130 Å². The van der Waals surface area contributed by atoms with E-state index in [1.54, 1.807) is 9.80 Å². The highest BCUT2D eigenvalue weighted by Gasteiger charge is 2.27. The van der Waals surface area contributed by atoms with Gasteiger partial charge in [0.05, 0.1) is 6.10 Å². The molecule has 0 saturated carbocycles. The predicted octanol–water partition coefficient (Wildman–Crippen LogP) is 2.20. The third kappa shape index (κ3) is 4.21. The van der Waals surface area contributed by atoms with Gasteiger partial charge in [-0.05, 0) is 31.9 Å². The van der Waals surface area contributed by atoms with Gasteiger partial charge in [-0.15, -0.1) is 0 Å². The Morgan fingerprint density at radius 1 is 1.27 bits per heavy atom. The van der Waals surface area contributed by atoms with Crippen LogP contribution in [0, 0.1) is 0 Å². The topological polar surface area (TPSA) is 70.1 Å². The average molecular weight is 306 g/mol. The lowest BCUT2D eigenvalue weighted by Gasteiger charge is -2.35. The molecule has 0 aromatic heterocycles. The molecule has 1 N–H and O–H groups in total. The number of ether oxygens (including phenoxy) is 1. The second-order valence-corrected chi connectivity index (χ2v) is 5.25. The maximum atomic E-state index is 12.6. The highest BCUT2D eigenvalue weighted by Crippen LogP contribution is 2.19. The van der Waals surface area contributed by atoms with Crippen LogP contribution in [-0.4, -0.2) is 54.4 Å². The molecule has 1 aromatic carbocycles. The minimum absolute atomic E-state index is 0.00890. The van der Waals surface area contributed by atoms with E-state index in [0.717, 1.165) is 5.69 Å². The zero-order valence-electron chi connectivity index (χ0n) is 12.8. The van der Waals surface area contributed by atoms with Gasteiger partial charge >= 0.3 is 12.0 Å². The van der Waals surface area contributed by atoms with Crippen molar-refractivity contribution < 1.29 is 19.4 Å². The van der Waals surface area contributed by atoms with Crippen LogP contribution in [0.2, 0.25) is 0 Å². The molecule has 1 aromatic rings. The van der Waals surface area contributed by atoms with Crippen molar-refractivity contribution >= 4 is 17.7 Å². The molecule has 0 radical (unpaired) electrons. The monoisotopic (exact) mass is 306 g/mol. The first-order chi connectivity index (χ1) is 10.6. The summed E-state index contributed by atoms with van der Waals surface area (Å²) < 4.78 is 5.29. The van der Waals surface area contributed by atoms with Gasteiger partial charge in [-0.1, -0.05) is 18.2 Å². The average Bonchev–Trinajstić information content (AvgIpc) is 2.55. The van der Waals surface area contributed by atoms with E-state index < -0.39 is 5.97 Å². The number of hydrogen-bond donors (Lipinski definition) is 1. The van der Waals surface area contributed by atoms with E-state index in [2.05, 4.69) is 0 Å². The maximum Gasteiger partial charge on any atom is 0.329 e. The molecule has 1 saturated heterocycles. The number of carboxylic acids is 1. The Morgan fingerprint density at radius 3 is 2.45 bits per heavy atom. The SMILES string of the molecule is CCN(C(=O)N1CCC(OCC(=O)O)CC1)c1ccccc1. The smallest absolute Gasteiger partial charge is 0.329 e. The van der Waals surface area contributed by atoms with Crippen LogP contribution in [0.5, 0.6) is 0 Å². The normalized spacial score (nSPS) is 15.6. The fourth-order valence-corrected chi connectivity index (χ4v) is 2.61. The van der Waals surface area contributed by atoms with Crippen LogP contribution < -0.4 is 4.90 Å². The molecule has 1 aliphatic heterocycles. The Balaban J connectivity index is 1.90. The molecule has 0 unspecified atom stereocenters. The van der Waals surface area contributed by atoms with Gasteiger partial charge in [-0.3, -0.25) is 4.90 Å². The highest BCUT2D eigenvalue weighted by atomic mass is 16.5. The molecule has 0 spiro atoms. The Bertz CT molecular complexity index is 498. The summed E-state index contributed by atoms with van der Waals surface area (Å²) in [5, 5.41) is 8.62. The zero-order valence-corrected chi connectivity index (χ0v) is 12.8. The minimum atomic E-state index is -0.959. The number of anilines is 1. The third-order valence-electron chi connectivity index (χ3n) is 3.77. The maximum absolute atomic E-state index is 12.6. The minimum Gasteiger partial charge on any atom is -0.480 e. The molecule has 0 bridgehead atoms. The van der Waals surface area contributed by atoms with Crippen molar-refractivity contribution in [3.8, 4) is 0 Å². The van der Waals surface area contributed by atoms with E-state index in [9.17, 15) is 9.59 Å². The van der Waals surface area contributed by atoms with Crippen LogP contribution in [0.15, 0.2) is 30.3 Å². The molecule has 0 aliphatic carbocycles. The van der Waals surface area contributed by atoms with Gasteiger partial charge < -0.3 is 14.7 Å². The van der Waals surface area contributed by atoms with Gasteiger partial charge in [0.1, 0.15) is 6.61 Å². The van der Waals surface area contributed by atoms with Crippen molar-refractivity contribution in [3.05, 3.63) is 30.3 Å². The number of rotatable bonds is 5. The molecule has 120 valence electrons. The van der Waals surface area contributed by atoms with Gasteiger partial charge in [0, 0.05) is 25.3 Å². The van der Waals surface area contributed by atoms with Crippen LogP contribution in [0.3, 0.4) is 0 Å². The molecule has 6 heteroatoms. The number of urea groups is 1. The number of nitrogens with zero attached hydrogens (tertiary/aromatic N) is 2. The molecular formula is C16H22N2O4. The lowest BCUT2D eigenvalue weighted by molar-refractivity contribution is -0.145. The molecule has 1 aliphatic rings. The van der Waals surface area contributed by atoms with Gasteiger partial charge in [-0.25, -0.2) is 9.59 Å². The van der Waals surface area contributed by atoms with E-state index >= 15 is 0 Å². The molecule has 1 heterocycles. The summed E-state index contributed by atoms with van der Waals surface area (Å²) >= 11 is 0. The van der Waals surface area contributed by atoms with Crippen LogP contribution in [-0.2, 0) is 9.53 Å². The predicted molar refractivity (Wildman–Crippen MR) is 83.0 cm³/mol. The largest absolute Gasteiger partial charge is 0.480 e. The number of hydrogen-bond acceptors (Lipinski definition) is 3. The number of carbonyl (C=O) groups is 2. The number of para-hydroxylation sites is 1. The van der Waals surface area contributed by atoms with Crippen molar-refractivity contribution in [1.29, 1.82) is 0 Å².